The van der Waals surface area contributed by atoms with Crippen LogP contribution in [-0.2, 0) is 5.41 Å². The molecule has 2 rings (SSSR count). The van der Waals surface area contributed by atoms with Crippen LogP contribution in [0.5, 0.6) is 5.75 Å². The molecule has 0 radical (unpaired) electrons. The standard InChI is InChI=1S/C17H28N2O/c1-17(2,3)15-5-7-16(8-6-15)20-14-4-11-19-12-9-18-10-13-19/h5-8,18H,4,9-14H2,1-3H3. The number of hydrogen-bond acceptors (Lipinski definition) is 3. The van der Waals surface area contributed by atoms with Crippen molar-refractivity contribution in [2.45, 2.75) is 32.6 Å². The molecule has 1 aliphatic rings. The number of nitrogens with zero attached hydrogens (tertiary/aromatic N) is 1. The molecule has 0 spiro atoms. The molecule has 3 heteroatoms. The third kappa shape index (κ3) is 4.80. The molecule has 1 aliphatic heterocycles. The van der Waals surface area contributed by atoms with E-state index in [-0.39, 0.29) is 5.41 Å². The summed E-state index contributed by atoms with van der Waals surface area (Å²) in [5.41, 5.74) is 1.56. The molecule has 1 fully saturated rings. The average Bonchev–Trinajstić information content (AvgIpc) is 2.44. The van der Waals surface area contributed by atoms with E-state index in [0.717, 1.165) is 38.4 Å². The summed E-state index contributed by atoms with van der Waals surface area (Å²) in [7, 11) is 0. The molecule has 1 N–H and O–H groups in total. The Bertz CT molecular complexity index is 388. The summed E-state index contributed by atoms with van der Waals surface area (Å²) in [6, 6.07) is 8.52. The van der Waals surface area contributed by atoms with Crippen LogP contribution in [0.1, 0.15) is 32.8 Å². The molecule has 3 nitrogen and oxygen atoms in total. The van der Waals surface area contributed by atoms with Gasteiger partial charge in [-0.05, 0) is 29.5 Å². The van der Waals surface area contributed by atoms with Crippen molar-refractivity contribution in [1.82, 2.24) is 10.2 Å². The van der Waals surface area contributed by atoms with Gasteiger partial charge in [0, 0.05) is 32.7 Å². The van der Waals surface area contributed by atoms with E-state index in [1.807, 2.05) is 0 Å². The third-order valence-corrected chi connectivity index (χ3v) is 3.82. The van der Waals surface area contributed by atoms with E-state index >= 15 is 0 Å². The van der Waals surface area contributed by atoms with E-state index in [1.165, 1.54) is 18.7 Å². The molecule has 1 aromatic carbocycles. The Morgan fingerprint density at radius 1 is 1.10 bits per heavy atom. The van der Waals surface area contributed by atoms with Crippen molar-refractivity contribution in [3.05, 3.63) is 29.8 Å². The fraction of sp³-hybridized carbons (Fsp3) is 0.647. The minimum atomic E-state index is 0.209. The molecule has 1 saturated heterocycles. The normalized spacial score (nSPS) is 17.1. The van der Waals surface area contributed by atoms with E-state index in [9.17, 15) is 0 Å². The molecule has 0 atom stereocenters. The Labute approximate surface area is 123 Å². The molecule has 0 bridgehead atoms. The average molecular weight is 276 g/mol. The molecule has 20 heavy (non-hydrogen) atoms. The summed E-state index contributed by atoms with van der Waals surface area (Å²) in [5, 5.41) is 3.38. The highest BCUT2D eigenvalue weighted by Crippen LogP contribution is 2.24. The molecule has 0 unspecified atom stereocenters. The Kier molecular flexibility index (Phi) is 5.44. The highest BCUT2D eigenvalue weighted by atomic mass is 16.5. The molecule has 0 amide bonds. The minimum Gasteiger partial charge on any atom is -0.494 e. The zero-order chi connectivity index (χ0) is 14.4. The summed E-state index contributed by atoms with van der Waals surface area (Å²) in [6.07, 6.45) is 1.10. The van der Waals surface area contributed by atoms with Crippen molar-refractivity contribution in [2.24, 2.45) is 0 Å². The Hall–Kier alpha value is -1.06. The van der Waals surface area contributed by atoms with Gasteiger partial charge in [-0.1, -0.05) is 32.9 Å². The lowest BCUT2D eigenvalue weighted by Gasteiger charge is -2.27. The maximum Gasteiger partial charge on any atom is 0.119 e. The van der Waals surface area contributed by atoms with Gasteiger partial charge in [-0.3, -0.25) is 0 Å². The van der Waals surface area contributed by atoms with Crippen molar-refractivity contribution in [3.63, 3.8) is 0 Å². The van der Waals surface area contributed by atoms with E-state index < -0.39 is 0 Å². The van der Waals surface area contributed by atoms with Crippen molar-refractivity contribution in [2.75, 3.05) is 39.3 Å². The van der Waals surface area contributed by atoms with E-state index in [1.54, 1.807) is 0 Å². The highest BCUT2D eigenvalue weighted by molar-refractivity contribution is 5.31. The van der Waals surface area contributed by atoms with Gasteiger partial charge in [0.2, 0.25) is 0 Å². The molecule has 0 aliphatic carbocycles. The summed E-state index contributed by atoms with van der Waals surface area (Å²) in [4.78, 5) is 2.50. The molecule has 0 aromatic heterocycles. The maximum atomic E-state index is 5.82. The molecular formula is C17H28N2O. The summed E-state index contributed by atoms with van der Waals surface area (Å²) in [5.74, 6) is 0.985. The van der Waals surface area contributed by atoms with Gasteiger partial charge < -0.3 is 15.0 Å². The van der Waals surface area contributed by atoms with Crippen molar-refractivity contribution >= 4 is 0 Å². The lowest BCUT2D eigenvalue weighted by molar-refractivity contribution is 0.214. The van der Waals surface area contributed by atoms with Crippen molar-refractivity contribution in [3.8, 4) is 5.75 Å². The van der Waals surface area contributed by atoms with E-state index in [0.29, 0.717) is 0 Å². The molecule has 1 aromatic rings. The van der Waals surface area contributed by atoms with Gasteiger partial charge in [0.05, 0.1) is 6.61 Å². The second-order valence-electron chi connectivity index (χ2n) is 6.57. The van der Waals surface area contributed by atoms with E-state index in [4.69, 9.17) is 4.74 Å². The van der Waals surface area contributed by atoms with Gasteiger partial charge in [0.25, 0.3) is 0 Å². The number of rotatable bonds is 5. The number of benzene rings is 1. The fourth-order valence-corrected chi connectivity index (χ4v) is 2.46. The first kappa shape index (κ1) is 15.3. The largest absolute Gasteiger partial charge is 0.494 e. The van der Waals surface area contributed by atoms with E-state index in [2.05, 4.69) is 55.3 Å². The summed E-state index contributed by atoms with van der Waals surface area (Å²) in [6.45, 7) is 13.2. The quantitative estimate of drug-likeness (QED) is 0.837. The Morgan fingerprint density at radius 2 is 1.75 bits per heavy atom. The monoisotopic (exact) mass is 276 g/mol. The predicted octanol–water partition coefficient (Wildman–Crippen LogP) is 2.66. The highest BCUT2D eigenvalue weighted by Gasteiger charge is 2.13. The molecule has 112 valence electrons. The topological polar surface area (TPSA) is 24.5 Å². The van der Waals surface area contributed by atoms with Crippen LogP contribution >= 0.6 is 0 Å². The fourth-order valence-electron chi connectivity index (χ4n) is 2.46. The second kappa shape index (κ2) is 7.09. The van der Waals surface area contributed by atoms with Gasteiger partial charge in [0.15, 0.2) is 0 Å². The zero-order valence-electron chi connectivity index (χ0n) is 13.1. The first-order valence-corrected chi connectivity index (χ1v) is 7.72. The summed E-state index contributed by atoms with van der Waals surface area (Å²) < 4.78 is 5.82. The maximum absolute atomic E-state index is 5.82. The minimum absolute atomic E-state index is 0.209. The van der Waals surface area contributed by atoms with Crippen LogP contribution in [0.25, 0.3) is 0 Å². The van der Waals surface area contributed by atoms with Gasteiger partial charge >= 0.3 is 0 Å². The van der Waals surface area contributed by atoms with Gasteiger partial charge in [-0.2, -0.15) is 0 Å². The lowest BCUT2D eigenvalue weighted by atomic mass is 9.87. The van der Waals surface area contributed by atoms with Crippen molar-refractivity contribution in [1.29, 1.82) is 0 Å². The second-order valence-corrected chi connectivity index (χ2v) is 6.57. The number of hydrogen-bond donors (Lipinski definition) is 1. The third-order valence-electron chi connectivity index (χ3n) is 3.82. The predicted molar refractivity (Wildman–Crippen MR) is 84.6 cm³/mol. The van der Waals surface area contributed by atoms with Crippen LogP contribution in [0.15, 0.2) is 24.3 Å². The number of ether oxygens (including phenoxy) is 1. The Balaban J connectivity index is 1.68. The van der Waals surface area contributed by atoms with Gasteiger partial charge in [-0.25, -0.2) is 0 Å². The van der Waals surface area contributed by atoms with Gasteiger partial charge in [0.1, 0.15) is 5.75 Å². The smallest absolute Gasteiger partial charge is 0.119 e. The molecule has 0 saturated carbocycles. The first-order valence-electron chi connectivity index (χ1n) is 7.72. The van der Waals surface area contributed by atoms with Crippen molar-refractivity contribution < 1.29 is 4.74 Å². The number of piperazine rings is 1. The first-order chi connectivity index (χ1) is 9.55. The molecular weight excluding hydrogens is 248 g/mol. The van der Waals surface area contributed by atoms with Crippen LogP contribution in [0.2, 0.25) is 0 Å². The van der Waals surface area contributed by atoms with Crippen LogP contribution in [0, 0.1) is 0 Å². The molecule has 1 heterocycles. The summed E-state index contributed by atoms with van der Waals surface area (Å²) >= 11 is 0. The lowest BCUT2D eigenvalue weighted by Crippen LogP contribution is -2.43. The zero-order valence-corrected chi connectivity index (χ0v) is 13.1. The Morgan fingerprint density at radius 3 is 2.35 bits per heavy atom. The van der Waals surface area contributed by atoms with Crippen LogP contribution in [0.4, 0.5) is 0 Å². The number of nitrogens with one attached hydrogen (secondary N) is 1. The van der Waals surface area contributed by atoms with Crippen LogP contribution < -0.4 is 10.1 Å². The van der Waals surface area contributed by atoms with Crippen LogP contribution in [-0.4, -0.2) is 44.2 Å². The SMILES string of the molecule is CC(C)(C)c1ccc(OCCCN2CCNCC2)cc1. The van der Waals surface area contributed by atoms with Crippen LogP contribution in [0.3, 0.4) is 0 Å². The van der Waals surface area contributed by atoms with Gasteiger partial charge in [-0.15, -0.1) is 0 Å².